The van der Waals surface area contributed by atoms with Crippen LogP contribution in [0, 0.1) is 10.1 Å². The van der Waals surface area contributed by atoms with E-state index in [4.69, 9.17) is 0 Å². The number of hydrogen-bond donors (Lipinski definition) is 1. The van der Waals surface area contributed by atoms with Crippen LogP contribution in [0.1, 0.15) is 10.4 Å². The van der Waals surface area contributed by atoms with E-state index >= 15 is 0 Å². The molecule has 0 aliphatic heterocycles. The number of carbonyl (C=O) groups is 1. The first-order valence-electron chi connectivity index (χ1n) is 6.04. The van der Waals surface area contributed by atoms with Gasteiger partial charge in [0, 0.05) is 5.69 Å². The number of carboxylic acids is 1. The standard InChI is InChI=1S/C13H8N4O5/c18-13(19)7-2-1-3-8(6-7)14-10-5-4-9-11(16-22-15-9)12(10)17(20)21/h1-6,14H,(H,18,19)/p-1. The monoisotopic (exact) mass is 299 g/mol. The Labute approximate surface area is 122 Å². The van der Waals surface area contributed by atoms with E-state index in [9.17, 15) is 20.0 Å². The number of nitro benzene ring substituents is 1. The lowest BCUT2D eigenvalue weighted by Gasteiger charge is -2.09. The Morgan fingerprint density at radius 1 is 1.23 bits per heavy atom. The van der Waals surface area contributed by atoms with Gasteiger partial charge in [0.1, 0.15) is 11.2 Å². The maximum atomic E-state index is 11.3. The summed E-state index contributed by atoms with van der Waals surface area (Å²) in [5.41, 5.74) is 0.408. The van der Waals surface area contributed by atoms with Gasteiger partial charge in [0.2, 0.25) is 5.52 Å². The van der Waals surface area contributed by atoms with Gasteiger partial charge < -0.3 is 15.2 Å². The average Bonchev–Trinajstić information content (AvgIpc) is 2.95. The molecule has 0 fully saturated rings. The van der Waals surface area contributed by atoms with Crippen molar-refractivity contribution in [1.29, 1.82) is 0 Å². The first-order chi connectivity index (χ1) is 10.6. The first kappa shape index (κ1) is 13.5. The molecule has 110 valence electrons. The zero-order valence-electron chi connectivity index (χ0n) is 10.8. The molecule has 9 nitrogen and oxygen atoms in total. The van der Waals surface area contributed by atoms with Gasteiger partial charge in [-0.05, 0) is 40.1 Å². The minimum Gasteiger partial charge on any atom is -0.545 e. The van der Waals surface area contributed by atoms with Crippen molar-refractivity contribution in [2.45, 2.75) is 0 Å². The van der Waals surface area contributed by atoms with Gasteiger partial charge in [-0.15, -0.1) is 0 Å². The van der Waals surface area contributed by atoms with Crippen LogP contribution in [0.4, 0.5) is 17.1 Å². The molecule has 0 aliphatic carbocycles. The predicted octanol–water partition coefficient (Wildman–Crippen LogP) is 1.24. The summed E-state index contributed by atoms with van der Waals surface area (Å²) in [6.07, 6.45) is 0. The summed E-state index contributed by atoms with van der Waals surface area (Å²) in [6, 6.07) is 8.68. The number of fused-ring (bicyclic) bond motifs is 1. The molecule has 0 atom stereocenters. The molecule has 0 saturated carbocycles. The van der Waals surface area contributed by atoms with Crippen molar-refractivity contribution in [3.8, 4) is 0 Å². The van der Waals surface area contributed by atoms with Crippen LogP contribution in [0.15, 0.2) is 41.0 Å². The molecule has 1 aromatic heterocycles. The van der Waals surface area contributed by atoms with Crippen molar-refractivity contribution < 1.29 is 19.5 Å². The van der Waals surface area contributed by atoms with Crippen LogP contribution in [0.3, 0.4) is 0 Å². The number of benzene rings is 2. The lowest BCUT2D eigenvalue weighted by Crippen LogP contribution is -2.22. The number of aromatic nitrogens is 2. The molecule has 1 heterocycles. The summed E-state index contributed by atoms with van der Waals surface area (Å²) in [6.45, 7) is 0. The van der Waals surface area contributed by atoms with E-state index in [-0.39, 0.29) is 28.0 Å². The zero-order valence-corrected chi connectivity index (χ0v) is 10.8. The molecule has 0 radical (unpaired) electrons. The highest BCUT2D eigenvalue weighted by molar-refractivity contribution is 5.92. The molecule has 22 heavy (non-hydrogen) atoms. The molecule has 2 aromatic carbocycles. The van der Waals surface area contributed by atoms with Crippen LogP contribution in [0.2, 0.25) is 0 Å². The lowest BCUT2D eigenvalue weighted by atomic mass is 10.2. The fourth-order valence-electron chi connectivity index (χ4n) is 2.00. The Morgan fingerprint density at radius 3 is 2.77 bits per heavy atom. The number of aromatic carboxylic acids is 1. The maximum absolute atomic E-state index is 11.3. The van der Waals surface area contributed by atoms with Crippen molar-refractivity contribution in [3.05, 3.63) is 52.1 Å². The summed E-state index contributed by atoms with van der Waals surface area (Å²) < 4.78 is 4.49. The second kappa shape index (κ2) is 5.13. The molecule has 9 heteroatoms. The van der Waals surface area contributed by atoms with Crippen molar-refractivity contribution in [2.75, 3.05) is 5.32 Å². The Hall–Kier alpha value is -3.49. The highest BCUT2D eigenvalue weighted by atomic mass is 16.6. The molecule has 0 unspecified atom stereocenters. The van der Waals surface area contributed by atoms with Crippen LogP contribution >= 0.6 is 0 Å². The topological polar surface area (TPSA) is 134 Å². The minimum absolute atomic E-state index is 0.00561. The highest BCUT2D eigenvalue weighted by Crippen LogP contribution is 2.33. The SMILES string of the molecule is O=C([O-])c1cccc(Nc2ccc3nonc3c2[N+](=O)[O-])c1. The fourth-order valence-corrected chi connectivity index (χ4v) is 2.00. The number of rotatable bonds is 4. The Bertz CT molecular complexity index is 889. The summed E-state index contributed by atoms with van der Waals surface area (Å²) in [5, 5.41) is 31.9. The smallest absolute Gasteiger partial charge is 0.323 e. The predicted molar refractivity (Wildman–Crippen MR) is 72.5 cm³/mol. The van der Waals surface area contributed by atoms with Crippen LogP contribution < -0.4 is 10.4 Å². The number of nitro groups is 1. The minimum atomic E-state index is -1.34. The third-order valence-corrected chi connectivity index (χ3v) is 2.96. The van der Waals surface area contributed by atoms with E-state index in [0.717, 1.165) is 0 Å². The van der Waals surface area contributed by atoms with E-state index in [2.05, 4.69) is 20.3 Å². The number of nitrogens with one attached hydrogen (secondary N) is 1. The summed E-state index contributed by atoms with van der Waals surface area (Å²) in [5.74, 6) is -1.34. The fraction of sp³-hybridized carbons (Fsp3) is 0. The Balaban J connectivity index is 2.07. The van der Waals surface area contributed by atoms with Gasteiger partial charge in [-0.1, -0.05) is 12.1 Å². The molecular weight excluding hydrogens is 292 g/mol. The van der Waals surface area contributed by atoms with Crippen LogP contribution in [-0.4, -0.2) is 21.2 Å². The third-order valence-electron chi connectivity index (χ3n) is 2.96. The number of hydrogen-bond acceptors (Lipinski definition) is 8. The van der Waals surface area contributed by atoms with Crippen molar-refractivity contribution >= 4 is 34.1 Å². The van der Waals surface area contributed by atoms with Gasteiger partial charge in [0.15, 0.2) is 0 Å². The molecular formula is C13H7N4O5-. The lowest BCUT2D eigenvalue weighted by molar-refractivity contribution is -0.382. The molecule has 1 N–H and O–H groups in total. The van der Waals surface area contributed by atoms with E-state index < -0.39 is 10.9 Å². The normalized spacial score (nSPS) is 10.5. The Morgan fingerprint density at radius 2 is 2.05 bits per heavy atom. The Kier molecular flexibility index (Phi) is 3.14. The van der Waals surface area contributed by atoms with Crippen LogP contribution in [0.5, 0.6) is 0 Å². The largest absolute Gasteiger partial charge is 0.545 e. The van der Waals surface area contributed by atoms with E-state index in [1.54, 1.807) is 6.07 Å². The number of carbonyl (C=O) groups excluding carboxylic acids is 1. The molecule has 0 spiro atoms. The van der Waals surface area contributed by atoms with Gasteiger partial charge >= 0.3 is 5.69 Å². The van der Waals surface area contributed by atoms with Crippen LogP contribution in [0.25, 0.3) is 11.0 Å². The summed E-state index contributed by atoms with van der Waals surface area (Å²) >= 11 is 0. The average molecular weight is 299 g/mol. The van der Waals surface area contributed by atoms with E-state index in [0.29, 0.717) is 5.69 Å². The molecule has 0 saturated heterocycles. The second-order valence-electron chi connectivity index (χ2n) is 4.34. The first-order valence-corrected chi connectivity index (χ1v) is 6.04. The number of carboxylic acid groups (broad SMARTS) is 1. The van der Waals surface area contributed by atoms with Gasteiger partial charge in [0.25, 0.3) is 0 Å². The second-order valence-corrected chi connectivity index (χ2v) is 4.34. The van der Waals surface area contributed by atoms with Crippen molar-refractivity contribution in [1.82, 2.24) is 10.3 Å². The molecule has 3 aromatic rings. The van der Waals surface area contributed by atoms with Crippen LogP contribution in [-0.2, 0) is 0 Å². The van der Waals surface area contributed by atoms with Gasteiger partial charge in [-0.3, -0.25) is 10.1 Å². The van der Waals surface area contributed by atoms with Crippen molar-refractivity contribution in [2.24, 2.45) is 0 Å². The molecule has 0 amide bonds. The maximum Gasteiger partial charge on any atom is 0.323 e. The zero-order chi connectivity index (χ0) is 15.7. The number of anilines is 2. The molecule has 0 aliphatic rings. The van der Waals surface area contributed by atoms with E-state index in [1.807, 2.05) is 0 Å². The number of nitrogens with zero attached hydrogens (tertiary/aromatic N) is 3. The molecule has 3 rings (SSSR count). The highest BCUT2D eigenvalue weighted by Gasteiger charge is 2.22. The van der Waals surface area contributed by atoms with Crippen molar-refractivity contribution in [3.63, 3.8) is 0 Å². The molecule has 0 bridgehead atoms. The van der Waals surface area contributed by atoms with Gasteiger partial charge in [0.05, 0.1) is 10.9 Å². The third kappa shape index (κ3) is 2.30. The van der Waals surface area contributed by atoms with Gasteiger partial charge in [-0.25, -0.2) is 4.63 Å². The summed E-state index contributed by atoms with van der Waals surface area (Å²) in [4.78, 5) is 21.5. The van der Waals surface area contributed by atoms with Gasteiger partial charge in [-0.2, -0.15) is 0 Å². The summed E-state index contributed by atoms with van der Waals surface area (Å²) in [7, 11) is 0. The van der Waals surface area contributed by atoms with E-state index in [1.165, 1.54) is 30.3 Å². The quantitative estimate of drug-likeness (QED) is 0.561.